The van der Waals surface area contributed by atoms with Gasteiger partial charge in [0.15, 0.2) is 0 Å². The number of fused-ring (bicyclic) bond motifs is 1. The van der Waals surface area contributed by atoms with Crippen molar-refractivity contribution in [2.24, 2.45) is 0 Å². The number of nitrogens with one attached hydrogen (secondary N) is 1. The molecule has 1 aromatic carbocycles. The summed E-state index contributed by atoms with van der Waals surface area (Å²) in [6, 6.07) is 5.43. The van der Waals surface area contributed by atoms with Crippen molar-refractivity contribution in [3.8, 4) is 0 Å². The van der Waals surface area contributed by atoms with Gasteiger partial charge in [-0.2, -0.15) is 4.52 Å². The Morgan fingerprint density at radius 3 is 2.92 bits per heavy atom. The van der Waals surface area contributed by atoms with E-state index in [2.05, 4.69) is 20.1 Å². The maximum absolute atomic E-state index is 13.9. The number of carbonyl (C=O) groups is 1. The van der Waals surface area contributed by atoms with Gasteiger partial charge in [0.2, 0.25) is 10.1 Å². The van der Waals surface area contributed by atoms with Crippen LogP contribution < -0.4 is 10.9 Å². The van der Waals surface area contributed by atoms with Gasteiger partial charge in [-0.05, 0) is 24.6 Å². The molecule has 0 atom stereocenters. The summed E-state index contributed by atoms with van der Waals surface area (Å²) in [7, 11) is 1.26. The Kier molecular flexibility index (Phi) is 4.75. The highest BCUT2D eigenvalue weighted by atomic mass is 32.1. The summed E-state index contributed by atoms with van der Waals surface area (Å²) in [5.41, 5.74) is 0.981. The molecule has 0 saturated heterocycles. The highest BCUT2D eigenvalue weighted by molar-refractivity contribution is 7.20. The zero-order chi connectivity index (χ0) is 18.0. The largest absolute Gasteiger partial charge is 0.465 e. The first-order valence-electron chi connectivity index (χ1n) is 7.52. The molecule has 9 heteroatoms. The molecule has 0 amide bonds. The predicted molar refractivity (Wildman–Crippen MR) is 91.6 cm³/mol. The first kappa shape index (κ1) is 17.0. The summed E-state index contributed by atoms with van der Waals surface area (Å²) >= 11 is 1.20. The number of hydrogen-bond donors (Lipinski definition) is 1. The van der Waals surface area contributed by atoms with Gasteiger partial charge < -0.3 is 10.1 Å². The van der Waals surface area contributed by atoms with Crippen molar-refractivity contribution in [3.05, 3.63) is 57.3 Å². The number of halogens is 1. The number of aryl methyl sites for hydroxylation is 1. The molecule has 0 spiro atoms. The average molecular weight is 362 g/mol. The molecule has 0 aliphatic carbocycles. The van der Waals surface area contributed by atoms with Gasteiger partial charge in [0.25, 0.3) is 5.56 Å². The van der Waals surface area contributed by atoms with E-state index in [4.69, 9.17) is 0 Å². The fourth-order valence-corrected chi connectivity index (χ4v) is 3.05. The molecule has 0 fully saturated rings. The van der Waals surface area contributed by atoms with E-state index in [1.165, 1.54) is 47.2 Å². The molecule has 0 aliphatic heterocycles. The predicted octanol–water partition coefficient (Wildman–Crippen LogP) is 2.25. The smallest absolute Gasteiger partial charge is 0.337 e. The second-order valence-corrected chi connectivity index (χ2v) is 6.15. The molecule has 0 radical (unpaired) electrons. The lowest BCUT2D eigenvalue weighted by Gasteiger charge is -2.06. The van der Waals surface area contributed by atoms with Crippen LogP contribution in [-0.2, 0) is 17.7 Å². The minimum absolute atomic E-state index is 0.103. The van der Waals surface area contributed by atoms with E-state index in [1.807, 2.05) is 6.92 Å². The number of esters is 1. The number of hydrogen-bond acceptors (Lipinski definition) is 7. The SMILES string of the molecule is CCc1cc(=O)n2nc(NCc3cc(C(=O)OC)ccc3F)sc2n1. The lowest BCUT2D eigenvalue weighted by atomic mass is 10.1. The lowest BCUT2D eigenvalue weighted by Crippen LogP contribution is -2.15. The zero-order valence-electron chi connectivity index (χ0n) is 13.6. The van der Waals surface area contributed by atoms with E-state index in [9.17, 15) is 14.0 Å². The van der Waals surface area contributed by atoms with Gasteiger partial charge in [0.1, 0.15) is 5.82 Å². The number of rotatable bonds is 5. The first-order valence-corrected chi connectivity index (χ1v) is 8.34. The van der Waals surface area contributed by atoms with Crippen LogP contribution in [0.3, 0.4) is 0 Å². The maximum atomic E-state index is 13.9. The maximum Gasteiger partial charge on any atom is 0.337 e. The molecule has 3 aromatic rings. The minimum Gasteiger partial charge on any atom is -0.465 e. The topological polar surface area (TPSA) is 85.6 Å². The van der Waals surface area contributed by atoms with Crippen LogP contribution in [0.5, 0.6) is 0 Å². The van der Waals surface area contributed by atoms with Crippen LogP contribution >= 0.6 is 11.3 Å². The Labute approximate surface area is 146 Å². The number of methoxy groups -OCH3 is 1. The Morgan fingerprint density at radius 2 is 2.20 bits per heavy atom. The van der Waals surface area contributed by atoms with E-state index in [0.29, 0.717) is 22.2 Å². The molecular formula is C16H15FN4O3S. The van der Waals surface area contributed by atoms with Crippen LogP contribution in [0.25, 0.3) is 4.96 Å². The average Bonchev–Trinajstić information content (AvgIpc) is 3.03. The van der Waals surface area contributed by atoms with Crippen molar-refractivity contribution >= 4 is 27.4 Å². The van der Waals surface area contributed by atoms with Crippen LogP contribution in [0.2, 0.25) is 0 Å². The molecule has 3 rings (SSSR count). The molecule has 2 aromatic heterocycles. The second-order valence-electron chi connectivity index (χ2n) is 5.19. The molecule has 25 heavy (non-hydrogen) atoms. The Balaban J connectivity index is 1.84. The number of anilines is 1. The highest BCUT2D eigenvalue weighted by Crippen LogP contribution is 2.19. The van der Waals surface area contributed by atoms with Gasteiger partial charge in [0, 0.05) is 23.9 Å². The third-order valence-electron chi connectivity index (χ3n) is 3.56. The molecule has 0 aliphatic rings. The standard InChI is InChI=1S/C16H15FN4O3S/c1-3-11-7-13(22)21-16(19-11)25-15(20-21)18-8-10-6-9(14(23)24-2)4-5-12(10)17/h4-7H,3,8H2,1-2H3,(H,18,20). The molecule has 2 heterocycles. The van der Waals surface area contributed by atoms with Crippen LogP contribution in [0.4, 0.5) is 9.52 Å². The van der Waals surface area contributed by atoms with Gasteiger partial charge in [0.05, 0.1) is 12.7 Å². The number of carbonyl (C=O) groups excluding carboxylic acids is 1. The fourth-order valence-electron chi connectivity index (χ4n) is 2.23. The number of nitrogens with zero attached hydrogens (tertiary/aromatic N) is 3. The first-order chi connectivity index (χ1) is 12.0. The monoisotopic (exact) mass is 362 g/mol. The van der Waals surface area contributed by atoms with Crippen molar-refractivity contribution in [1.29, 1.82) is 0 Å². The summed E-state index contributed by atoms with van der Waals surface area (Å²) in [6.45, 7) is 2.02. The third kappa shape index (κ3) is 3.50. The van der Waals surface area contributed by atoms with Gasteiger partial charge in [-0.15, -0.1) is 5.10 Å². The molecule has 0 bridgehead atoms. The van der Waals surface area contributed by atoms with Gasteiger partial charge >= 0.3 is 5.97 Å². The fraction of sp³-hybridized carbons (Fsp3) is 0.250. The van der Waals surface area contributed by atoms with Gasteiger partial charge in [-0.25, -0.2) is 14.2 Å². The van der Waals surface area contributed by atoms with Crippen molar-refractivity contribution < 1.29 is 13.9 Å². The van der Waals surface area contributed by atoms with E-state index >= 15 is 0 Å². The molecule has 0 unspecified atom stereocenters. The highest BCUT2D eigenvalue weighted by Gasteiger charge is 2.12. The third-order valence-corrected chi connectivity index (χ3v) is 4.42. The zero-order valence-corrected chi connectivity index (χ0v) is 14.4. The van der Waals surface area contributed by atoms with Crippen LogP contribution in [0.1, 0.15) is 28.5 Å². The summed E-state index contributed by atoms with van der Waals surface area (Å²) < 4.78 is 19.8. The molecular weight excluding hydrogens is 347 g/mol. The van der Waals surface area contributed by atoms with Crippen molar-refractivity contribution in [1.82, 2.24) is 14.6 Å². The molecule has 1 N–H and O–H groups in total. The van der Waals surface area contributed by atoms with Gasteiger partial charge in [-0.3, -0.25) is 4.79 Å². The second kappa shape index (κ2) is 6.98. The Hall–Kier alpha value is -2.81. The Bertz CT molecular complexity index is 999. The quantitative estimate of drug-likeness (QED) is 0.701. The number of benzene rings is 1. The number of ether oxygens (including phenoxy) is 1. The normalized spacial score (nSPS) is 10.8. The van der Waals surface area contributed by atoms with Gasteiger partial charge in [-0.1, -0.05) is 18.3 Å². The van der Waals surface area contributed by atoms with Crippen LogP contribution in [0.15, 0.2) is 29.1 Å². The summed E-state index contributed by atoms with van der Waals surface area (Å²) in [5.74, 6) is -0.992. The van der Waals surface area contributed by atoms with Crippen LogP contribution in [0, 0.1) is 5.82 Å². The van der Waals surface area contributed by atoms with E-state index in [-0.39, 0.29) is 23.2 Å². The van der Waals surface area contributed by atoms with Crippen molar-refractivity contribution in [2.45, 2.75) is 19.9 Å². The van der Waals surface area contributed by atoms with E-state index < -0.39 is 11.8 Å². The summed E-state index contributed by atoms with van der Waals surface area (Å²) in [6.07, 6.45) is 0.651. The molecule has 7 nitrogen and oxygen atoms in total. The van der Waals surface area contributed by atoms with E-state index in [0.717, 1.165) is 0 Å². The summed E-state index contributed by atoms with van der Waals surface area (Å²) in [4.78, 5) is 28.3. The van der Waals surface area contributed by atoms with Crippen LogP contribution in [-0.4, -0.2) is 27.7 Å². The lowest BCUT2D eigenvalue weighted by molar-refractivity contribution is 0.0600. The minimum atomic E-state index is -0.538. The number of aromatic nitrogens is 3. The summed E-state index contributed by atoms with van der Waals surface area (Å²) in [5, 5.41) is 7.53. The van der Waals surface area contributed by atoms with Crippen molar-refractivity contribution in [3.63, 3.8) is 0 Å². The van der Waals surface area contributed by atoms with Crippen molar-refractivity contribution in [2.75, 3.05) is 12.4 Å². The Morgan fingerprint density at radius 1 is 1.40 bits per heavy atom. The molecule has 0 saturated carbocycles. The van der Waals surface area contributed by atoms with E-state index in [1.54, 1.807) is 0 Å². The molecule has 130 valence electrons.